The molecule has 0 aliphatic heterocycles. The quantitative estimate of drug-likeness (QED) is 0.558. The zero-order valence-electron chi connectivity index (χ0n) is 5.51. The Morgan fingerprint density at radius 3 is 2.89 bits per heavy atom. The summed E-state index contributed by atoms with van der Waals surface area (Å²) in [5.41, 5.74) is 0.950. The smallest absolute Gasteiger partial charge is 0.130 e. The van der Waals surface area contributed by atoms with E-state index >= 15 is 0 Å². The largest absolute Gasteiger partial charge is 0.496 e. The van der Waals surface area contributed by atoms with Crippen molar-refractivity contribution in [3.8, 4) is 5.75 Å². The Kier molecular flexibility index (Phi) is 1.68. The second-order valence-corrected chi connectivity index (χ2v) is 1.76. The molecule has 0 aliphatic carbocycles. The predicted molar refractivity (Wildman–Crippen MR) is 34.4 cm³/mol. The summed E-state index contributed by atoms with van der Waals surface area (Å²) >= 11 is 0. The van der Waals surface area contributed by atoms with Crippen molar-refractivity contribution in [1.82, 2.24) is 4.98 Å². The molecule has 0 spiro atoms. The van der Waals surface area contributed by atoms with Crippen LogP contribution in [0.5, 0.6) is 5.75 Å². The lowest BCUT2D eigenvalue weighted by Crippen LogP contribution is -1.84. The highest BCUT2D eigenvalue weighted by Gasteiger charge is 1.88. The molecule has 1 aromatic rings. The van der Waals surface area contributed by atoms with Gasteiger partial charge in [-0.2, -0.15) is 0 Å². The highest BCUT2D eigenvalue weighted by atomic mass is 16.5. The molecule has 9 heavy (non-hydrogen) atoms. The van der Waals surface area contributed by atoms with Gasteiger partial charge < -0.3 is 4.74 Å². The maximum atomic E-state index is 4.90. The summed E-state index contributed by atoms with van der Waals surface area (Å²) in [6, 6.07) is 4.66. The molecule has 0 aromatic carbocycles. The SMILES string of the molecule is COc1[c]cnc(C)c1. The molecule has 1 rings (SSSR count). The van der Waals surface area contributed by atoms with Crippen LogP contribution >= 0.6 is 0 Å². The lowest BCUT2D eigenvalue weighted by Gasteiger charge is -1.96. The number of pyridine rings is 1. The van der Waals surface area contributed by atoms with Crippen molar-refractivity contribution >= 4 is 0 Å². The van der Waals surface area contributed by atoms with Gasteiger partial charge in [0.25, 0.3) is 0 Å². The summed E-state index contributed by atoms with van der Waals surface area (Å²) in [6.45, 7) is 1.91. The summed E-state index contributed by atoms with van der Waals surface area (Å²) in [6.07, 6.45) is 1.61. The Balaban J connectivity index is 2.94. The van der Waals surface area contributed by atoms with E-state index in [-0.39, 0.29) is 0 Å². The number of aromatic nitrogens is 1. The van der Waals surface area contributed by atoms with Crippen LogP contribution in [0, 0.1) is 13.0 Å². The highest BCUT2D eigenvalue weighted by Crippen LogP contribution is 2.06. The Morgan fingerprint density at radius 1 is 1.67 bits per heavy atom. The molecule has 0 bridgehead atoms. The molecule has 2 heteroatoms. The number of nitrogens with zero attached hydrogens (tertiary/aromatic N) is 1. The average Bonchev–Trinajstić information content (AvgIpc) is 1.88. The Hall–Kier alpha value is -1.05. The molecule has 0 unspecified atom stereocenters. The molecule has 0 saturated carbocycles. The van der Waals surface area contributed by atoms with Crippen molar-refractivity contribution in [2.75, 3.05) is 7.11 Å². The van der Waals surface area contributed by atoms with Gasteiger partial charge in [0.05, 0.1) is 7.11 Å². The molecule has 0 amide bonds. The molecule has 1 radical (unpaired) electrons. The van der Waals surface area contributed by atoms with E-state index in [9.17, 15) is 0 Å². The van der Waals surface area contributed by atoms with Crippen LogP contribution in [-0.2, 0) is 0 Å². The van der Waals surface area contributed by atoms with Gasteiger partial charge in [-0.1, -0.05) is 0 Å². The van der Waals surface area contributed by atoms with Crippen LogP contribution in [0.3, 0.4) is 0 Å². The van der Waals surface area contributed by atoms with E-state index in [0.29, 0.717) is 0 Å². The fourth-order valence-electron chi connectivity index (χ4n) is 0.584. The van der Waals surface area contributed by atoms with Gasteiger partial charge in [-0.25, -0.2) is 0 Å². The van der Waals surface area contributed by atoms with Gasteiger partial charge in [0.15, 0.2) is 0 Å². The molecule has 0 N–H and O–H groups in total. The van der Waals surface area contributed by atoms with Crippen LogP contribution in [0.1, 0.15) is 5.69 Å². The maximum absolute atomic E-state index is 4.90. The first-order chi connectivity index (χ1) is 4.33. The fraction of sp³-hybridized carbons (Fsp3) is 0.286. The van der Waals surface area contributed by atoms with Gasteiger partial charge in [-0.3, -0.25) is 4.98 Å². The van der Waals surface area contributed by atoms with Gasteiger partial charge >= 0.3 is 0 Å². The van der Waals surface area contributed by atoms with E-state index < -0.39 is 0 Å². The van der Waals surface area contributed by atoms with Crippen molar-refractivity contribution in [1.29, 1.82) is 0 Å². The summed E-state index contributed by atoms with van der Waals surface area (Å²) < 4.78 is 4.90. The summed E-state index contributed by atoms with van der Waals surface area (Å²) in [5, 5.41) is 0. The van der Waals surface area contributed by atoms with Crippen LogP contribution in [0.4, 0.5) is 0 Å². The van der Waals surface area contributed by atoms with Crippen molar-refractivity contribution in [3.63, 3.8) is 0 Å². The number of hydrogen-bond donors (Lipinski definition) is 0. The van der Waals surface area contributed by atoms with E-state index in [2.05, 4.69) is 11.1 Å². The van der Waals surface area contributed by atoms with Gasteiger partial charge in [0.1, 0.15) is 5.75 Å². The minimum atomic E-state index is 0.738. The van der Waals surface area contributed by atoms with Crippen LogP contribution in [0.2, 0.25) is 0 Å². The fourth-order valence-corrected chi connectivity index (χ4v) is 0.584. The minimum Gasteiger partial charge on any atom is -0.496 e. The van der Waals surface area contributed by atoms with Crippen molar-refractivity contribution in [2.24, 2.45) is 0 Å². The van der Waals surface area contributed by atoms with Gasteiger partial charge in [-0.05, 0) is 6.92 Å². The van der Waals surface area contributed by atoms with Crippen molar-refractivity contribution in [3.05, 3.63) is 24.0 Å². The zero-order chi connectivity index (χ0) is 6.69. The number of rotatable bonds is 1. The monoisotopic (exact) mass is 122 g/mol. The van der Waals surface area contributed by atoms with Crippen LogP contribution in [0.25, 0.3) is 0 Å². The number of methoxy groups -OCH3 is 1. The lowest BCUT2D eigenvalue weighted by molar-refractivity contribution is 0.413. The number of hydrogen-bond acceptors (Lipinski definition) is 2. The molecule has 1 heterocycles. The molecule has 0 aliphatic rings. The van der Waals surface area contributed by atoms with Crippen LogP contribution < -0.4 is 4.74 Å². The Bertz CT molecular complexity index is 198. The van der Waals surface area contributed by atoms with E-state index in [1.807, 2.05) is 13.0 Å². The van der Waals surface area contributed by atoms with E-state index in [4.69, 9.17) is 4.74 Å². The van der Waals surface area contributed by atoms with Crippen LogP contribution in [0.15, 0.2) is 12.3 Å². The second kappa shape index (κ2) is 2.49. The molecule has 0 atom stereocenters. The van der Waals surface area contributed by atoms with E-state index in [0.717, 1.165) is 11.4 Å². The topological polar surface area (TPSA) is 22.1 Å². The molecular formula is C7H8NO. The number of ether oxygens (including phenoxy) is 1. The minimum absolute atomic E-state index is 0.738. The zero-order valence-corrected chi connectivity index (χ0v) is 5.51. The second-order valence-electron chi connectivity index (χ2n) is 1.76. The third-order valence-electron chi connectivity index (χ3n) is 1.03. The summed E-state index contributed by atoms with van der Waals surface area (Å²) in [4.78, 5) is 3.95. The summed E-state index contributed by atoms with van der Waals surface area (Å²) in [7, 11) is 1.62. The van der Waals surface area contributed by atoms with Gasteiger partial charge in [-0.15, -0.1) is 0 Å². The van der Waals surface area contributed by atoms with E-state index in [1.54, 1.807) is 13.3 Å². The van der Waals surface area contributed by atoms with E-state index in [1.165, 1.54) is 0 Å². The first kappa shape index (κ1) is 6.08. The predicted octanol–water partition coefficient (Wildman–Crippen LogP) is 1.20. The van der Waals surface area contributed by atoms with Crippen molar-refractivity contribution < 1.29 is 4.74 Å². The van der Waals surface area contributed by atoms with Crippen molar-refractivity contribution in [2.45, 2.75) is 6.92 Å². The van der Waals surface area contributed by atoms with Gasteiger partial charge in [0.2, 0.25) is 0 Å². The first-order valence-electron chi connectivity index (χ1n) is 2.71. The molecule has 0 saturated heterocycles. The highest BCUT2D eigenvalue weighted by molar-refractivity contribution is 5.19. The molecule has 0 fully saturated rings. The van der Waals surface area contributed by atoms with Gasteiger partial charge in [0, 0.05) is 24.0 Å². The maximum Gasteiger partial charge on any atom is 0.130 e. The number of aryl methyl sites for hydroxylation is 1. The summed E-state index contributed by atoms with van der Waals surface area (Å²) in [5.74, 6) is 0.738. The lowest BCUT2D eigenvalue weighted by atomic mass is 10.4. The molecular weight excluding hydrogens is 114 g/mol. The van der Waals surface area contributed by atoms with Crippen LogP contribution in [-0.4, -0.2) is 12.1 Å². The average molecular weight is 122 g/mol. The Morgan fingerprint density at radius 2 is 2.44 bits per heavy atom. The molecule has 1 aromatic heterocycles. The third kappa shape index (κ3) is 1.42. The Labute approximate surface area is 54.5 Å². The molecule has 2 nitrogen and oxygen atoms in total. The normalized spacial score (nSPS) is 9.11. The third-order valence-corrected chi connectivity index (χ3v) is 1.03. The molecule has 47 valence electrons. The standard InChI is InChI=1S/C7H8NO/c1-6-5-7(9-2)3-4-8-6/h4-5H,1-2H3. The first-order valence-corrected chi connectivity index (χ1v) is 2.71.